The summed E-state index contributed by atoms with van der Waals surface area (Å²) in [7, 11) is -16.6. The Morgan fingerprint density at radius 1 is 0.464 bits per heavy atom. The highest BCUT2D eigenvalue weighted by molar-refractivity contribution is 7.47. The molecule has 0 aromatic carbocycles. The molecule has 1 saturated carbocycles. The standard InChI is InChI=1S/C47H85O19P3/c1-3-5-7-9-11-13-15-17-19-20-22-24-26-28-30-32-34-36-41(49)63-39(37-61-40(48)35-33-31-29-27-25-23-21-18-16-14-12-10-8-6-4-2)38-62-69(59,60)66-45-42(50)43(51)46(64-67(53,54)55)47(44(45)52)65-68(56,57)58/h11,13-14,16-17,19,22,24,39,42-47,50-52H,3-10,12,15,18,20-21,23,25-38H2,1-2H3,(H,59,60)(H2,53,54,55)(H2,56,57,58)/t39-,42?,43?,44?,45+,46?,47+/m1/s1. The number of carbonyl (C=O) groups is 2. The van der Waals surface area contributed by atoms with Crippen molar-refractivity contribution in [2.75, 3.05) is 13.2 Å². The number of esters is 2. The zero-order chi connectivity index (χ0) is 51.4. The van der Waals surface area contributed by atoms with Gasteiger partial charge in [0.25, 0.3) is 0 Å². The van der Waals surface area contributed by atoms with Crippen molar-refractivity contribution in [3.05, 3.63) is 48.6 Å². The molecule has 1 aliphatic rings. The van der Waals surface area contributed by atoms with E-state index in [-0.39, 0.29) is 12.8 Å². The summed E-state index contributed by atoms with van der Waals surface area (Å²) in [5.74, 6) is -1.33. The van der Waals surface area contributed by atoms with E-state index in [0.29, 0.717) is 19.3 Å². The fourth-order valence-electron chi connectivity index (χ4n) is 7.35. The summed E-state index contributed by atoms with van der Waals surface area (Å²) in [6, 6.07) is 0. The number of phosphoric acid groups is 3. The van der Waals surface area contributed by atoms with Crippen LogP contribution in [0, 0.1) is 0 Å². The van der Waals surface area contributed by atoms with Crippen molar-refractivity contribution in [3.63, 3.8) is 0 Å². The molecule has 0 heterocycles. The van der Waals surface area contributed by atoms with Crippen molar-refractivity contribution in [2.24, 2.45) is 0 Å². The fourth-order valence-corrected chi connectivity index (χ4v) is 9.44. The molecule has 8 atom stereocenters. The molecule has 0 aromatic rings. The van der Waals surface area contributed by atoms with E-state index >= 15 is 0 Å². The molecule has 8 N–H and O–H groups in total. The van der Waals surface area contributed by atoms with Crippen LogP contribution in [0.4, 0.5) is 0 Å². The predicted octanol–water partition coefficient (Wildman–Crippen LogP) is 9.40. The molecule has 1 rings (SSSR count). The van der Waals surface area contributed by atoms with E-state index in [2.05, 4.69) is 71.5 Å². The van der Waals surface area contributed by atoms with Crippen molar-refractivity contribution in [1.82, 2.24) is 0 Å². The zero-order valence-corrected chi connectivity index (χ0v) is 43.6. The van der Waals surface area contributed by atoms with Crippen LogP contribution in [-0.4, -0.2) is 108 Å². The van der Waals surface area contributed by atoms with Gasteiger partial charge in [0.1, 0.15) is 43.2 Å². The molecule has 0 saturated heterocycles. The monoisotopic (exact) mass is 1050 g/mol. The summed E-state index contributed by atoms with van der Waals surface area (Å²) in [6.45, 7) is 2.89. The highest BCUT2D eigenvalue weighted by Gasteiger charge is 2.56. The summed E-state index contributed by atoms with van der Waals surface area (Å²) in [5.41, 5.74) is 0. The van der Waals surface area contributed by atoms with Crippen molar-refractivity contribution in [2.45, 2.75) is 224 Å². The van der Waals surface area contributed by atoms with Gasteiger partial charge in [0, 0.05) is 12.8 Å². The molecule has 0 radical (unpaired) electrons. The maximum atomic E-state index is 13.1. The average molecular weight is 1050 g/mol. The second kappa shape index (κ2) is 38.7. The Morgan fingerprint density at radius 3 is 1.33 bits per heavy atom. The average Bonchev–Trinajstić information content (AvgIpc) is 3.28. The van der Waals surface area contributed by atoms with Crippen LogP contribution in [-0.2, 0) is 50.9 Å². The molecule has 0 bridgehead atoms. The maximum Gasteiger partial charge on any atom is 0.472 e. The number of phosphoric ester groups is 3. The van der Waals surface area contributed by atoms with E-state index in [0.717, 1.165) is 89.9 Å². The molecule has 69 heavy (non-hydrogen) atoms. The lowest BCUT2D eigenvalue weighted by Gasteiger charge is -2.44. The molecule has 0 aliphatic heterocycles. The highest BCUT2D eigenvalue weighted by atomic mass is 31.2. The normalized spacial score (nSPS) is 21.7. The topological polar surface area (TPSA) is 303 Å². The van der Waals surface area contributed by atoms with Crippen LogP contribution >= 0.6 is 23.5 Å². The van der Waals surface area contributed by atoms with Crippen molar-refractivity contribution in [3.8, 4) is 0 Å². The minimum absolute atomic E-state index is 0.0294. The van der Waals surface area contributed by atoms with Gasteiger partial charge in [0.15, 0.2) is 6.10 Å². The number of hydrogen-bond donors (Lipinski definition) is 8. The lowest BCUT2D eigenvalue weighted by atomic mass is 9.85. The van der Waals surface area contributed by atoms with Crippen LogP contribution in [0.15, 0.2) is 48.6 Å². The fraction of sp³-hybridized carbons (Fsp3) is 0.787. The molecule has 19 nitrogen and oxygen atoms in total. The number of ether oxygens (including phenoxy) is 2. The van der Waals surface area contributed by atoms with Gasteiger partial charge in [-0.25, -0.2) is 13.7 Å². The van der Waals surface area contributed by atoms with Crippen LogP contribution in [0.3, 0.4) is 0 Å². The smallest absolute Gasteiger partial charge is 0.462 e. The number of hydrogen-bond acceptors (Lipinski definition) is 14. The molecule has 0 spiro atoms. The number of unbranched alkanes of at least 4 members (excludes halogenated alkanes) is 18. The second-order valence-electron chi connectivity index (χ2n) is 17.4. The van der Waals surface area contributed by atoms with Gasteiger partial charge in [0.05, 0.1) is 6.61 Å². The van der Waals surface area contributed by atoms with Gasteiger partial charge in [-0.2, -0.15) is 0 Å². The lowest BCUT2D eigenvalue weighted by Crippen LogP contribution is -2.65. The molecule has 1 fully saturated rings. The third-order valence-electron chi connectivity index (χ3n) is 11.1. The molecule has 1 aliphatic carbocycles. The van der Waals surface area contributed by atoms with Gasteiger partial charge < -0.3 is 49.3 Å². The first-order valence-corrected chi connectivity index (χ1v) is 29.5. The SMILES string of the molecule is CCCCCC=CCC=CCC=CCCCCCCC(=O)O[C@H](COC(=O)CCCCCCCCCC=CCCCCCC)COP(=O)(O)O[C@H]1C(O)C(O)C(OP(=O)(O)O)[C@@H](OP(=O)(O)O)C1O. The molecule has 22 heteroatoms. The third kappa shape index (κ3) is 35.0. The molecule has 402 valence electrons. The quantitative estimate of drug-likeness (QED) is 0.0122. The van der Waals surface area contributed by atoms with Crippen LogP contribution < -0.4 is 0 Å². The van der Waals surface area contributed by atoms with Crippen molar-refractivity contribution < 1.29 is 90.6 Å². The number of allylic oxidation sites excluding steroid dienone is 8. The Labute approximate surface area is 410 Å². The predicted molar refractivity (Wildman–Crippen MR) is 261 cm³/mol. The number of rotatable bonds is 42. The van der Waals surface area contributed by atoms with Gasteiger partial charge in [-0.1, -0.05) is 140 Å². The Morgan fingerprint density at radius 2 is 0.841 bits per heavy atom. The Bertz CT molecular complexity index is 1630. The first kappa shape index (κ1) is 65.1. The van der Waals surface area contributed by atoms with Crippen LogP contribution in [0.1, 0.15) is 181 Å². The number of aliphatic hydroxyl groups is 3. The highest BCUT2D eigenvalue weighted by Crippen LogP contribution is 2.51. The van der Waals surface area contributed by atoms with Gasteiger partial charge in [-0.05, 0) is 77.0 Å². The molecule has 5 unspecified atom stereocenters. The van der Waals surface area contributed by atoms with Crippen LogP contribution in [0.5, 0.6) is 0 Å². The summed E-state index contributed by atoms with van der Waals surface area (Å²) < 4.78 is 65.5. The maximum absolute atomic E-state index is 13.1. The van der Waals surface area contributed by atoms with Crippen molar-refractivity contribution >= 4 is 35.4 Å². The molecule has 0 amide bonds. The molecular weight excluding hydrogens is 961 g/mol. The van der Waals surface area contributed by atoms with Gasteiger partial charge in [-0.15, -0.1) is 0 Å². The number of carbonyl (C=O) groups excluding carboxylic acids is 2. The van der Waals surface area contributed by atoms with Crippen LogP contribution in [0.25, 0.3) is 0 Å². The van der Waals surface area contributed by atoms with Crippen LogP contribution in [0.2, 0.25) is 0 Å². The minimum Gasteiger partial charge on any atom is -0.462 e. The summed E-state index contributed by atoms with van der Waals surface area (Å²) in [4.78, 5) is 73.3. The van der Waals surface area contributed by atoms with Gasteiger partial charge >= 0.3 is 35.4 Å². The first-order valence-electron chi connectivity index (χ1n) is 24.9. The van der Waals surface area contributed by atoms with E-state index in [1.165, 1.54) is 44.9 Å². The number of aliphatic hydroxyl groups excluding tert-OH is 3. The Balaban J connectivity index is 2.73. The van der Waals surface area contributed by atoms with E-state index in [1.54, 1.807) is 0 Å². The molecular formula is C47H85O19P3. The zero-order valence-electron chi connectivity index (χ0n) is 40.9. The largest absolute Gasteiger partial charge is 0.472 e. The Hall–Kier alpha value is -1.89. The summed E-state index contributed by atoms with van der Waals surface area (Å²) in [5, 5.41) is 31.9. The second-order valence-corrected chi connectivity index (χ2v) is 21.2. The Kier molecular flexibility index (Phi) is 36.5. The van der Waals surface area contributed by atoms with Crippen molar-refractivity contribution in [1.29, 1.82) is 0 Å². The lowest BCUT2D eigenvalue weighted by molar-refractivity contribution is -0.213. The van der Waals surface area contributed by atoms with E-state index in [4.69, 9.17) is 18.5 Å². The first-order chi connectivity index (χ1) is 32.8. The van der Waals surface area contributed by atoms with Gasteiger partial charge in [-0.3, -0.25) is 27.7 Å². The molecule has 0 aromatic heterocycles. The van der Waals surface area contributed by atoms with E-state index in [1.807, 2.05) is 0 Å². The van der Waals surface area contributed by atoms with Gasteiger partial charge in [0.2, 0.25) is 0 Å². The van der Waals surface area contributed by atoms with E-state index in [9.17, 15) is 63.1 Å². The van der Waals surface area contributed by atoms with E-state index < -0.39 is 91.3 Å². The third-order valence-corrected chi connectivity index (χ3v) is 13.1. The summed E-state index contributed by atoms with van der Waals surface area (Å²) >= 11 is 0. The minimum atomic E-state index is -5.61. The summed E-state index contributed by atoms with van der Waals surface area (Å²) in [6.07, 6.45) is 25.4.